The lowest BCUT2D eigenvalue weighted by molar-refractivity contribution is -0.322. The maximum Gasteiger partial charge on any atom is 0.434 e. The molecule has 0 amide bonds. The van der Waals surface area contributed by atoms with Gasteiger partial charge in [-0.15, -0.1) is 0 Å². The number of hydrogen-bond donors (Lipinski definition) is 1. The quantitative estimate of drug-likeness (QED) is 0.631. The number of carbonyl (C=O) groups is 2. The van der Waals surface area contributed by atoms with Crippen LogP contribution < -0.4 is 0 Å². The van der Waals surface area contributed by atoms with Crippen molar-refractivity contribution in [2.24, 2.45) is 0 Å². The summed E-state index contributed by atoms with van der Waals surface area (Å²) in [5.74, 6) is -20.4. The highest BCUT2D eigenvalue weighted by Gasteiger charge is 2.71. The largest absolute Gasteiger partial charge is 0.477 e. The minimum absolute atomic E-state index is 2.30. The molecule has 124 valence electrons. The van der Waals surface area contributed by atoms with Crippen LogP contribution in [-0.4, -0.2) is 47.3 Å². The minimum Gasteiger partial charge on any atom is -0.477 e. The average Bonchev–Trinajstić information content (AvgIpc) is 2.21. The highest BCUT2D eigenvalue weighted by molar-refractivity contribution is 5.89. The molecule has 21 heavy (non-hydrogen) atoms. The monoisotopic (exact) mass is 340 g/mol. The van der Waals surface area contributed by atoms with Gasteiger partial charge in [0, 0.05) is 0 Å². The third kappa shape index (κ3) is 3.87. The summed E-state index contributed by atoms with van der Waals surface area (Å²) >= 11 is 0. The van der Waals surface area contributed by atoms with Gasteiger partial charge in [0.25, 0.3) is 6.10 Å². The van der Waals surface area contributed by atoms with E-state index in [1.165, 1.54) is 0 Å². The molecule has 0 aromatic heterocycles. The Kier molecular flexibility index (Phi) is 4.78. The molecule has 0 aliphatic carbocycles. The second-order valence-corrected chi connectivity index (χ2v) is 3.32. The molecule has 0 bridgehead atoms. The van der Waals surface area contributed by atoms with Crippen LogP contribution in [0, 0.1) is 0 Å². The predicted octanol–water partition coefficient (Wildman–Crippen LogP) is 2.38. The molecule has 0 atom stereocenters. The molecule has 0 aromatic rings. The van der Waals surface area contributed by atoms with Crippen molar-refractivity contribution in [3.05, 3.63) is 0 Å². The maximum absolute atomic E-state index is 12.6. The summed E-state index contributed by atoms with van der Waals surface area (Å²) in [4.78, 5) is 20.2. The molecule has 0 unspecified atom stereocenters. The number of hydrogen-bond acceptors (Lipinski definition) is 3. The highest BCUT2D eigenvalue weighted by Crippen LogP contribution is 2.40. The van der Waals surface area contributed by atoms with Gasteiger partial charge in [-0.1, -0.05) is 0 Å². The summed E-state index contributed by atoms with van der Waals surface area (Å²) in [7, 11) is 0. The fourth-order valence-electron chi connectivity index (χ4n) is 0.763. The lowest BCUT2D eigenvalue weighted by atomic mass is 10.1. The summed E-state index contributed by atoms with van der Waals surface area (Å²) in [6.07, 6.45) is -18.0. The number of esters is 1. The van der Waals surface area contributed by atoms with E-state index in [9.17, 15) is 53.5 Å². The van der Waals surface area contributed by atoms with Crippen LogP contribution in [0.5, 0.6) is 0 Å². The van der Waals surface area contributed by atoms with E-state index in [0.717, 1.165) is 0 Å². The third-order valence-electron chi connectivity index (χ3n) is 1.74. The Balaban J connectivity index is 5.50. The third-order valence-corrected chi connectivity index (χ3v) is 1.74. The van der Waals surface area contributed by atoms with E-state index in [4.69, 9.17) is 5.11 Å². The van der Waals surface area contributed by atoms with Crippen LogP contribution in [0.4, 0.5) is 43.9 Å². The van der Waals surface area contributed by atoms with Crippen molar-refractivity contribution in [3.8, 4) is 0 Å². The van der Waals surface area contributed by atoms with Gasteiger partial charge in [0.05, 0.1) is 0 Å². The van der Waals surface area contributed by atoms with Crippen LogP contribution in [0.25, 0.3) is 0 Å². The van der Waals surface area contributed by atoms with E-state index >= 15 is 0 Å². The number of alkyl halides is 10. The predicted molar refractivity (Wildman–Crippen MR) is 39.5 cm³/mol. The first-order valence-electron chi connectivity index (χ1n) is 4.29. The molecule has 4 nitrogen and oxygen atoms in total. The number of rotatable bonds is 4. The molecule has 0 aliphatic rings. The number of carbonyl (C=O) groups excluding carboxylic acids is 1. The molecule has 0 heterocycles. The van der Waals surface area contributed by atoms with Gasteiger partial charge in [-0.2, -0.15) is 43.9 Å². The zero-order valence-electron chi connectivity index (χ0n) is 9.03. The van der Waals surface area contributed by atoms with Crippen LogP contribution in [0.3, 0.4) is 0 Å². The molecule has 0 fully saturated rings. The van der Waals surface area contributed by atoms with Gasteiger partial charge in [0.15, 0.2) is 0 Å². The van der Waals surface area contributed by atoms with Gasteiger partial charge in [-0.05, 0) is 0 Å². The second kappa shape index (κ2) is 5.22. The Bertz CT molecular complexity index is 408. The lowest BCUT2D eigenvalue weighted by Crippen LogP contribution is -2.56. The molecule has 0 spiro atoms. The number of carboxylic acid groups (broad SMARTS) is 1. The van der Waals surface area contributed by atoms with Gasteiger partial charge < -0.3 is 9.84 Å². The molecule has 0 rings (SSSR count). The summed E-state index contributed by atoms with van der Waals surface area (Å²) in [5.41, 5.74) is 0. The molecule has 0 aliphatic heterocycles. The fraction of sp³-hybridized carbons (Fsp3) is 0.714. The van der Waals surface area contributed by atoms with Gasteiger partial charge >= 0.3 is 36.1 Å². The highest BCUT2D eigenvalue weighted by atomic mass is 19.4. The van der Waals surface area contributed by atoms with E-state index in [-0.39, 0.29) is 0 Å². The van der Waals surface area contributed by atoms with E-state index in [1.54, 1.807) is 0 Å². The van der Waals surface area contributed by atoms with Crippen LogP contribution >= 0.6 is 0 Å². The van der Waals surface area contributed by atoms with Gasteiger partial charge in [0.2, 0.25) is 0 Å². The Morgan fingerprint density at radius 3 is 1.33 bits per heavy atom. The Hall–Kier alpha value is -1.76. The smallest absolute Gasteiger partial charge is 0.434 e. The SMILES string of the molecule is O=C(O)C(F)(F)C(F)(F)C(=O)OC(C(F)(F)F)C(F)(F)F. The van der Waals surface area contributed by atoms with Crippen LogP contribution in [0.15, 0.2) is 0 Å². The maximum atomic E-state index is 12.6. The Labute approximate surface area is 107 Å². The summed E-state index contributed by atoms with van der Waals surface area (Å²) in [6.45, 7) is 0. The van der Waals surface area contributed by atoms with E-state index in [0.29, 0.717) is 0 Å². The van der Waals surface area contributed by atoms with Crippen molar-refractivity contribution in [1.29, 1.82) is 0 Å². The summed E-state index contributed by atoms with van der Waals surface area (Å²) in [6, 6.07) is 0. The molecule has 14 heteroatoms. The number of halogens is 10. The fourth-order valence-corrected chi connectivity index (χ4v) is 0.763. The molecule has 0 radical (unpaired) electrons. The van der Waals surface area contributed by atoms with Crippen molar-refractivity contribution < 1.29 is 63.3 Å². The topological polar surface area (TPSA) is 63.6 Å². The van der Waals surface area contributed by atoms with Crippen molar-refractivity contribution in [2.45, 2.75) is 30.3 Å². The van der Waals surface area contributed by atoms with Crippen LogP contribution in [0.2, 0.25) is 0 Å². The molecule has 0 aromatic carbocycles. The molecule has 0 saturated heterocycles. The van der Waals surface area contributed by atoms with Crippen LogP contribution in [0.1, 0.15) is 0 Å². The van der Waals surface area contributed by atoms with Gasteiger partial charge in [-0.3, -0.25) is 0 Å². The molecular weight excluding hydrogens is 338 g/mol. The van der Waals surface area contributed by atoms with Crippen molar-refractivity contribution in [2.75, 3.05) is 0 Å². The van der Waals surface area contributed by atoms with Crippen molar-refractivity contribution in [1.82, 2.24) is 0 Å². The van der Waals surface area contributed by atoms with E-state index < -0.39 is 42.2 Å². The first-order valence-corrected chi connectivity index (χ1v) is 4.29. The molecule has 1 N–H and O–H groups in total. The average molecular weight is 340 g/mol. The zero-order chi connectivity index (χ0) is 17.4. The van der Waals surface area contributed by atoms with Gasteiger partial charge in [-0.25, -0.2) is 9.59 Å². The number of carboxylic acids is 1. The van der Waals surface area contributed by atoms with E-state index in [1.807, 2.05) is 0 Å². The normalized spacial score (nSPS) is 14.2. The first-order chi connectivity index (χ1) is 8.95. The van der Waals surface area contributed by atoms with E-state index in [2.05, 4.69) is 4.74 Å². The minimum atomic E-state index is -6.45. The zero-order valence-corrected chi connectivity index (χ0v) is 9.03. The summed E-state index contributed by atoms with van der Waals surface area (Å²) in [5, 5.41) is 7.70. The lowest BCUT2D eigenvalue weighted by Gasteiger charge is -2.26. The number of ether oxygens (including phenoxy) is 1. The molecular formula is C7H2F10O4. The Morgan fingerprint density at radius 1 is 0.762 bits per heavy atom. The molecule has 0 saturated carbocycles. The first kappa shape index (κ1) is 19.2. The standard InChI is InChI=1S/C7H2F10O4/c8-4(9,2(18)19)5(10,11)3(20)21-1(6(12,13)14)7(15,16)17/h1H,(H,18,19). The second-order valence-electron chi connectivity index (χ2n) is 3.32. The number of aliphatic carboxylic acids is 1. The van der Waals surface area contributed by atoms with Crippen molar-refractivity contribution >= 4 is 11.9 Å². The Morgan fingerprint density at radius 2 is 1.10 bits per heavy atom. The summed E-state index contributed by atoms with van der Waals surface area (Å²) < 4.78 is 124. The van der Waals surface area contributed by atoms with Crippen molar-refractivity contribution in [3.63, 3.8) is 0 Å². The van der Waals surface area contributed by atoms with Crippen LogP contribution in [-0.2, 0) is 14.3 Å². The van der Waals surface area contributed by atoms with Gasteiger partial charge in [0.1, 0.15) is 0 Å².